The summed E-state index contributed by atoms with van der Waals surface area (Å²) >= 11 is 0. The van der Waals surface area contributed by atoms with Gasteiger partial charge < -0.3 is 10.4 Å². The van der Waals surface area contributed by atoms with Crippen molar-refractivity contribution in [3.63, 3.8) is 0 Å². The van der Waals surface area contributed by atoms with E-state index >= 15 is 0 Å². The first kappa shape index (κ1) is 23.2. The molecule has 1 aromatic heterocycles. The van der Waals surface area contributed by atoms with Crippen molar-refractivity contribution in [2.45, 2.75) is 57.5 Å². The number of fused-ring (bicyclic) bond motifs is 2. The molecule has 2 atom stereocenters. The molecule has 0 bridgehead atoms. The lowest BCUT2D eigenvalue weighted by atomic mass is 9.65. The van der Waals surface area contributed by atoms with E-state index in [1.165, 1.54) is 30.5 Å². The number of carbonyl (C=O) groups excluding carboxylic acids is 1. The summed E-state index contributed by atoms with van der Waals surface area (Å²) < 4.78 is 15.3. The quantitative estimate of drug-likeness (QED) is 0.480. The zero-order valence-electron chi connectivity index (χ0n) is 20.6. The third kappa shape index (κ3) is 3.97. The Labute approximate surface area is 211 Å². The molecule has 186 valence electrons. The maximum atomic E-state index is 13.4. The maximum Gasteiger partial charge on any atom is 0.251 e. The highest BCUT2D eigenvalue weighted by Gasteiger charge is 2.54. The van der Waals surface area contributed by atoms with Gasteiger partial charge in [-0.25, -0.2) is 9.07 Å². The Morgan fingerprint density at radius 1 is 1.19 bits per heavy atom. The van der Waals surface area contributed by atoms with Crippen molar-refractivity contribution in [3.8, 4) is 5.69 Å². The van der Waals surface area contributed by atoms with Crippen LogP contribution in [-0.2, 0) is 12.8 Å². The van der Waals surface area contributed by atoms with Gasteiger partial charge in [0.15, 0.2) is 0 Å². The predicted octanol–water partition coefficient (Wildman–Crippen LogP) is 5.25. The van der Waals surface area contributed by atoms with Gasteiger partial charge in [0.05, 0.1) is 23.2 Å². The standard InChI is InChI=1S/C30H32FN3O2/c1-29-17-22-19-33-34(25-10-8-24(31)9-11-25)27(22)16-23(29)13-15-30(29,36)14-12-21-4-2-3-5-26(21)28(35)32-18-20-6-7-20/h2-5,8-11,16,19-20,36H,6-7,12-15,17-18H2,1H3,(H,32,35)/t29-,30-/m0/s1. The van der Waals surface area contributed by atoms with Crippen LogP contribution in [0.1, 0.15) is 66.2 Å². The molecule has 1 amide bonds. The van der Waals surface area contributed by atoms with Gasteiger partial charge in [0.1, 0.15) is 5.82 Å². The second kappa shape index (κ2) is 8.70. The Morgan fingerprint density at radius 2 is 1.97 bits per heavy atom. The van der Waals surface area contributed by atoms with Crippen LogP contribution in [0.3, 0.4) is 0 Å². The van der Waals surface area contributed by atoms with Crippen LogP contribution < -0.4 is 5.32 Å². The summed E-state index contributed by atoms with van der Waals surface area (Å²) in [5, 5.41) is 19.7. The van der Waals surface area contributed by atoms with Crippen LogP contribution in [0.4, 0.5) is 4.39 Å². The lowest BCUT2D eigenvalue weighted by Gasteiger charge is -2.42. The summed E-state index contributed by atoms with van der Waals surface area (Å²) in [6, 6.07) is 14.1. The van der Waals surface area contributed by atoms with Gasteiger partial charge in [0.25, 0.3) is 5.91 Å². The van der Waals surface area contributed by atoms with Crippen LogP contribution in [0.15, 0.2) is 60.3 Å². The van der Waals surface area contributed by atoms with E-state index in [1.54, 1.807) is 12.1 Å². The number of hydrogen-bond donors (Lipinski definition) is 2. The Bertz CT molecular complexity index is 1340. The number of hydrogen-bond acceptors (Lipinski definition) is 3. The molecule has 0 aliphatic heterocycles. The number of rotatable bonds is 7. The fourth-order valence-corrected chi connectivity index (χ4v) is 6.07. The van der Waals surface area contributed by atoms with Gasteiger partial charge in [-0.3, -0.25) is 4.79 Å². The number of aliphatic hydroxyl groups is 1. The van der Waals surface area contributed by atoms with Crippen LogP contribution in [0.25, 0.3) is 11.8 Å². The smallest absolute Gasteiger partial charge is 0.251 e. The van der Waals surface area contributed by atoms with E-state index in [-0.39, 0.29) is 17.1 Å². The van der Waals surface area contributed by atoms with Gasteiger partial charge in [-0.15, -0.1) is 0 Å². The van der Waals surface area contributed by atoms with Crippen molar-refractivity contribution < 1.29 is 14.3 Å². The number of benzene rings is 2. The Morgan fingerprint density at radius 3 is 2.75 bits per heavy atom. The van der Waals surface area contributed by atoms with Crippen molar-refractivity contribution in [1.82, 2.24) is 15.1 Å². The first-order chi connectivity index (χ1) is 17.4. The van der Waals surface area contributed by atoms with Gasteiger partial charge in [-0.05, 0) is 98.4 Å². The summed E-state index contributed by atoms with van der Waals surface area (Å²) in [5.41, 5.74) is 4.60. The summed E-state index contributed by atoms with van der Waals surface area (Å²) in [6.45, 7) is 2.91. The summed E-state index contributed by atoms with van der Waals surface area (Å²) in [4.78, 5) is 12.8. The van der Waals surface area contributed by atoms with Gasteiger partial charge in [-0.2, -0.15) is 5.10 Å². The van der Waals surface area contributed by atoms with Crippen LogP contribution in [0.2, 0.25) is 0 Å². The third-order valence-electron chi connectivity index (χ3n) is 8.67. The second-order valence-corrected chi connectivity index (χ2v) is 11.0. The third-order valence-corrected chi connectivity index (χ3v) is 8.67. The molecule has 2 N–H and O–H groups in total. The van der Waals surface area contributed by atoms with Gasteiger partial charge >= 0.3 is 0 Å². The summed E-state index contributed by atoms with van der Waals surface area (Å²) in [6.07, 6.45) is 9.91. The van der Waals surface area contributed by atoms with E-state index in [2.05, 4.69) is 23.4 Å². The van der Waals surface area contributed by atoms with Crippen molar-refractivity contribution in [3.05, 3.63) is 88.5 Å². The van der Waals surface area contributed by atoms with Crippen molar-refractivity contribution in [2.75, 3.05) is 6.54 Å². The molecule has 2 aromatic carbocycles. The van der Waals surface area contributed by atoms with Crippen molar-refractivity contribution in [2.24, 2.45) is 11.3 Å². The number of nitrogens with zero attached hydrogens (tertiary/aromatic N) is 2. The lowest BCUT2D eigenvalue weighted by molar-refractivity contribution is -0.0461. The molecule has 5 nitrogen and oxygen atoms in total. The molecule has 2 fully saturated rings. The number of aryl methyl sites for hydroxylation is 1. The molecule has 3 aliphatic rings. The predicted molar refractivity (Wildman–Crippen MR) is 137 cm³/mol. The molecule has 3 aliphatic carbocycles. The first-order valence-electron chi connectivity index (χ1n) is 13.0. The SMILES string of the molecule is C[C@]12Cc3cnn(-c4ccc(F)cc4)c3C=C1CC[C@@]2(O)CCc1ccccc1C(=O)NCC1CC1. The van der Waals surface area contributed by atoms with Crippen LogP contribution in [0, 0.1) is 17.2 Å². The lowest BCUT2D eigenvalue weighted by Crippen LogP contribution is -2.45. The highest BCUT2D eigenvalue weighted by molar-refractivity contribution is 5.95. The fourth-order valence-electron chi connectivity index (χ4n) is 6.07. The minimum Gasteiger partial charge on any atom is -0.389 e. The number of amides is 1. The fraction of sp³-hybridized carbons (Fsp3) is 0.400. The van der Waals surface area contributed by atoms with Gasteiger partial charge in [-0.1, -0.05) is 30.7 Å². The number of nitrogens with one attached hydrogen (secondary N) is 1. The molecule has 2 saturated carbocycles. The van der Waals surface area contributed by atoms with E-state index in [0.717, 1.165) is 35.5 Å². The molecule has 36 heavy (non-hydrogen) atoms. The normalized spacial score (nSPS) is 24.7. The molecule has 0 saturated heterocycles. The molecular formula is C30H32FN3O2. The molecule has 0 radical (unpaired) electrons. The largest absolute Gasteiger partial charge is 0.389 e. The number of halogens is 1. The molecule has 0 spiro atoms. The van der Waals surface area contributed by atoms with Crippen molar-refractivity contribution >= 4 is 12.0 Å². The van der Waals surface area contributed by atoms with E-state index < -0.39 is 5.60 Å². The average molecular weight is 486 g/mol. The first-order valence-corrected chi connectivity index (χ1v) is 13.0. The Balaban J connectivity index is 1.22. The minimum absolute atomic E-state index is 0.0155. The van der Waals surface area contributed by atoms with E-state index in [1.807, 2.05) is 35.1 Å². The molecular weight excluding hydrogens is 453 g/mol. The van der Waals surface area contributed by atoms with Crippen LogP contribution >= 0.6 is 0 Å². The summed E-state index contributed by atoms with van der Waals surface area (Å²) in [7, 11) is 0. The van der Waals surface area contributed by atoms with Crippen molar-refractivity contribution in [1.29, 1.82) is 0 Å². The number of aromatic nitrogens is 2. The zero-order valence-corrected chi connectivity index (χ0v) is 20.6. The number of carbonyl (C=O) groups is 1. The monoisotopic (exact) mass is 485 g/mol. The van der Waals surface area contributed by atoms with E-state index in [0.29, 0.717) is 37.2 Å². The van der Waals surface area contributed by atoms with Crippen LogP contribution in [0.5, 0.6) is 0 Å². The highest BCUT2D eigenvalue weighted by atomic mass is 19.1. The molecule has 1 heterocycles. The summed E-state index contributed by atoms with van der Waals surface area (Å²) in [5.74, 6) is 0.348. The Kier molecular flexibility index (Phi) is 5.60. The van der Waals surface area contributed by atoms with E-state index in [9.17, 15) is 14.3 Å². The zero-order chi connectivity index (χ0) is 24.9. The molecule has 3 aromatic rings. The minimum atomic E-state index is -0.869. The Hall–Kier alpha value is -3.25. The maximum absolute atomic E-state index is 13.4. The highest BCUT2D eigenvalue weighted by Crippen LogP contribution is 2.56. The second-order valence-electron chi connectivity index (χ2n) is 11.0. The molecule has 6 heteroatoms. The van der Waals surface area contributed by atoms with E-state index in [4.69, 9.17) is 0 Å². The van der Waals surface area contributed by atoms with Gasteiger partial charge in [0, 0.05) is 17.5 Å². The topological polar surface area (TPSA) is 67.1 Å². The van der Waals surface area contributed by atoms with Crippen LogP contribution in [-0.4, -0.2) is 32.9 Å². The molecule has 0 unspecified atom stereocenters. The van der Waals surface area contributed by atoms with Gasteiger partial charge in [0.2, 0.25) is 0 Å². The molecule has 6 rings (SSSR count). The average Bonchev–Trinajstić information content (AvgIpc) is 3.58.